The topological polar surface area (TPSA) is 38.0 Å². The number of para-hydroxylation sites is 2. The molecule has 3 nitrogen and oxygen atoms in total. The zero-order valence-electron chi connectivity index (χ0n) is 12.5. The van der Waals surface area contributed by atoms with Crippen molar-refractivity contribution in [2.45, 2.75) is 58.1 Å². The average Bonchev–Trinajstić information content (AvgIpc) is 2.79. The van der Waals surface area contributed by atoms with E-state index in [0.29, 0.717) is 12.3 Å². The van der Waals surface area contributed by atoms with Crippen molar-refractivity contribution in [1.29, 1.82) is 0 Å². The summed E-state index contributed by atoms with van der Waals surface area (Å²) in [5.41, 5.74) is 1.64. The van der Waals surface area contributed by atoms with Gasteiger partial charge in [-0.05, 0) is 37.8 Å². The van der Waals surface area contributed by atoms with Gasteiger partial charge in [-0.2, -0.15) is 0 Å². The van der Waals surface area contributed by atoms with E-state index >= 15 is 0 Å². The number of nitrogens with zero attached hydrogens (tertiary/aromatic N) is 2. The zero-order chi connectivity index (χ0) is 14.2. The predicted molar refractivity (Wildman–Crippen MR) is 81.7 cm³/mol. The van der Waals surface area contributed by atoms with Gasteiger partial charge >= 0.3 is 0 Å². The van der Waals surface area contributed by atoms with Gasteiger partial charge in [0.1, 0.15) is 5.82 Å². The summed E-state index contributed by atoms with van der Waals surface area (Å²) in [5, 5.41) is 11.0. The SMILES string of the molecule is CCn1c(CC2(O)CCCCC2C)nc2ccccc21. The molecule has 3 rings (SSSR count). The molecule has 0 radical (unpaired) electrons. The first-order valence-corrected chi connectivity index (χ1v) is 7.80. The molecular weight excluding hydrogens is 248 g/mol. The molecule has 1 aromatic carbocycles. The molecule has 1 fully saturated rings. The lowest BCUT2D eigenvalue weighted by atomic mass is 9.74. The average molecular weight is 272 g/mol. The molecule has 20 heavy (non-hydrogen) atoms. The Labute approximate surface area is 120 Å². The highest BCUT2D eigenvalue weighted by Crippen LogP contribution is 2.36. The second kappa shape index (κ2) is 5.21. The van der Waals surface area contributed by atoms with E-state index < -0.39 is 5.60 Å². The van der Waals surface area contributed by atoms with Gasteiger partial charge in [0.05, 0.1) is 16.6 Å². The van der Waals surface area contributed by atoms with Crippen molar-refractivity contribution in [3.8, 4) is 0 Å². The minimum Gasteiger partial charge on any atom is -0.389 e. The Morgan fingerprint density at radius 1 is 1.35 bits per heavy atom. The Balaban J connectivity index is 1.97. The van der Waals surface area contributed by atoms with Crippen LogP contribution >= 0.6 is 0 Å². The van der Waals surface area contributed by atoms with Crippen LogP contribution in [0, 0.1) is 5.92 Å². The molecular formula is C17H24N2O. The zero-order valence-corrected chi connectivity index (χ0v) is 12.5. The van der Waals surface area contributed by atoms with Gasteiger partial charge in [0.2, 0.25) is 0 Å². The number of imidazole rings is 1. The third-order valence-electron chi connectivity index (χ3n) is 4.93. The molecule has 0 aliphatic heterocycles. The van der Waals surface area contributed by atoms with Crippen LogP contribution in [0.3, 0.4) is 0 Å². The highest BCUT2D eigenvalue weighted by Gasteiger charge is 2.37. The normalized spacial score (nSPS) is 27.1. The first kappa shape index (κ1) is 13.6. The molecule has 1 saturated carbocycles. The van der Waals surface area contributed by atoms with Gasteiger partial charge < -0.3 is 9.67 Å². The summed E-state index contributed by atoms with van der Waals surface area (Å²) < 4.78 is 2.24. The lowest BCUT2D eigenvalue weighted by molar-refractivity contribution is -0.0424. The Morgan fingerprint density at radius 3 is 2.90 bits per heavy atom. The maximum atomic E-state index is 11.0. The molecule has 108 valence electrons. The van der Waals surface area contributed by atoms with Crippen molar-refractivity contribution in [2.75, 3.05) is 0 Å². The third kappa shape index (κ3) is 2.24. The lowest BCUT2D eigenvalue weighted by Crippen LogP contribution is -2.42. The summed E-state index contributed by atoms with van der Waals surface area (Å²) in [6.07, 6.45) is 5.08. The van der Waals surface area contributed by atoms with E-state index in [-0.39, 0.29) is 0 Å². The monoisotopic (exact) mass is 272 g/mol. The van der Waals surface area contributed by atoms with Crippen LogP contribution < -0.4 is 0 Å². The fraction of sp³-hybridized carbons (Fsp3) is 0.588. The fourth-order valence-electron chi connectivity index (χ4n) is 3.55. The summed E-state index contributed by atoms with van der Waals surface area (Å²) in [6, 6.07) is 8.25. The lowest BCUT2D eigenvalue weighted by Gasteiger charge is -2.38. The van der Waals surface area contributed by atoms with Crippen molar-refractivity contribution in [3.05, 3.63) is 30.1 Å². The van der Waals surface area contributed by atoms with Crippen molar-refractivity contribution in [3.63, 3.8) is 0 Å². The minimum absolute atomic E-state index is 0.362. The van der Waals surface area contributed by atoms with Crippen molar-refractivity contribution >= 4 is 11.0 Å². The number of rotatable bonds is 3. The largest absolute Gasteiger partial charge is 0.389 e. The number of benzene rings is 1. The van der Waals surface area contributed by atoms with E-state index in [1.807, 2.05) is 6.07 Å². The van der Waals surface area contributed by atoms with Crippen LogP contribution in [-0.2, 0) is 13.0 Å². The number of fused-ring (bicyclic) bond motifs is 1. The van der Waals surface area contributed by atoms with E-state index in [2.05, 4.69) is 36.6 Å². The first-order chi connectivity index (χ1) is 9.64. The van der Waals surface area contributed by atoms with Crippen LogP contribution in [0.2, 0.25) is 0 Å². The summed E-state index contributed by atoms with van der Waals surface area (Å²) in [7, 11) is 0. The molecule has 2 aromatic rings. The standard InChI is InChI=1S/C17H24N2O/c1-3-19-15-10-5-4-9-14(15)18-16(19)12-17(20)11-7-6-8-13(17)2/h4-5,9-10,13,20H,3,6-8,11-12H2,1-2H3. The van der Waals surface area contributed by atoms with Gasteiger partial charge in [-0.3, -0.25) is 0 Å². The summed E-state index contributed by atoms with van der Waals surface area (Å²) in [5.74, 6) is 1.39. The molecule has 0 saturated heterocycles. The predicted octanol–water partition coefficient (Wildman–Crippen LogP) is 3.54. The van der Waals surface area contributed by atoms with Crippen LogP contribution in [0.15, 0.2) is 24.3 Å². The van der Waals surface area contributed by atoms with E-state index in [0.717, 1.165) is 37.1 Å². The summed E-state index contributed by atoms with van der Waals surface area (Å²) in [6.45, 7) is 5.23. The Morgan fingerprint density at radius 2 is 2.15 bits per heavy atom. The van der Waals surface area contributed by atoms with Crippen LogP contribution in [0.25, 0.3) is 11.0 Å². The van der Waals surface area contributed by atoms with Crippen LogP contribution in [0.4, 0.5) is 0 Å². The second-order valence-corrected chi connectivity index (χ2v) is 6.19. The molecule has 1 aliphatic rings. The fourth-order valence-corrected chi connectivity index (χ4v) is 3.55. The van der Waals surface area contributed by atoms with Gasteiger partial charge in [0.15, 0.2) is 0 Å². The van der Waals surface area contributed by atoms with Gasteiger partial charge in [-0.25, -0.2) is 4.98 Å². The summed E-state index contributed by atoms with van der Waals surface area (Å²) in [4.78, 5) is 4.76. The number of hydrogen-bond acceptors (Lipinski definition) is 2. The molecule has 0 spiro atoms. The number of hydrogen-bond donors (Lipinski definition) is 1. The number of aryl methyl sites for hydroxylation is 1. The molecule has 0 amide bonds. The number of aliphatic hydroxyl groups is 1. The highest BCUT2D eigenvalue weighted by molar-refractivity contribution is 5.75. The second-order valence-electron chi connectivity index (χ2n) is 6.19. The third-order valence-corrected chi connectivity index (χ3v) is 4.93. The smallest absolute Gasteiger partial charge is 0.112 e. The molecule has 1 aliphatic carbocycles. The van der Waals surface area contributed by atoms with Crippen LogP contribution in [0.1, 0.15) is 45.4 Å². The molecule has 0 bridgehead atoms. The molecule has 2 atom stereocenters. The van der Waals surface area contributed by atoms with E-state index in [1.165, 1.54) is 11.9 Å². The molecule has 1 aromatic heterocycles. The van der Waals surface area contributed by atoms with Crippen LogP contribution in [0.5, 0.6) is 0 Å². The van der Waals surface area contributed by atoms with Crippen LogP contribution in [-0.4, -0.2) is 20.3 Å². The minimum atomic E-state index is -0.577. The van der Waals surface area contributed by atoms with Gasteiger partial charge in [0, 0.05) is 13.0 Å². The van der Waals surface area contributed by atoms with Crippen molar-refractivity contribution < 1.29 is 5.11 Å². The maximum absolute atomic E-state index is 11.0. The Bertz CT molecular complexity index is 604. The Kier molecular flexibility index (Phi) is 3.55. The maximum Gasteiger partial charge on any atom is 0.112 e. The molecule has 2 unspecified atom stereocenters. The van der Waals surface area contributed by atoms with E-state index in [1.54, 1.807) is 0 Å². The van der Waals surface area contributed by atoms with Gasteiger partial charge in [0.25, 0.3) is 0 Å². The molecule has 1 heterocycles. The van der Waals surface area contributed by atoms with Gasteiger partial charge in [-0.15, -0.1) is 0 Å². The molecule has 3 heteroatoms. The quantitative estimate of drug-likeness (QED) is 0.928. The Hall–Kier alpha value is -1.35. The van der Waals surface area contributed by atoms with Crippen molar-refractivity contribution in [1.82, 2.24) is 9.55 Å². The van der Waals surface area contributed by atoms with Crippen molar-refractivity contribution in [2.24, 2.45) is 5.92 Å². The first-order valence-electron chi connectivity index (χ1n) is 7.80. The van der Waals surface area contributed by atoms with E-state index in [9.17, 15) is 5.11 Å². The van der Waals surface area contributed by atoms with Gasteiger partial charge in [-0.1, -0.05) is 31.9 Å². The van der Waals surface area contributed by atoms with E-state index in [4.69, 9.17) is 4.98 Å². The summed E-state index contributed by atoms with van der Waals surface area (Å²) >= 11 is 0. The highest BCUT2D eigenvalue weighted by atomic mass is 16.3. The number of aromatic nitrogens is 2. The molecule has 1 N–H and O–H groups in total.